The molecule has 3 fully saturated rings. The number of carbonyl (C=O) groups is 1. The molecule has 4 nitrogen and oxygen atoms in total. The van der Waals surface area contributed by atoms with E-state index in [0.717, 1.165) is 19.5 Å². The van der Waals surface area contributed by atoms with Crippen molar-refractivity contribution < 1.29 is 9.53 Å². The van der Waals surface area contributed by atoms with E-state index in [9.17, 15) is 4.79 Å². The van der Waals surface area contributed by atoms with Crippen LogP contribution in [0.25, 0.3) is 0 Å². The predicted octanol–water partition coefficient (Wildman–Crippen LogP) is 2.98. The third-order valence-electron chi connectivity index (χ3n) is 7.72. The summed E-state index contributed by atoms with van der Waals surface area (Å²) < 4.78 is 5.67. The minimum absolute atomic E-state index is 0.0968. The number of carbonyl (C=O) groups excluding carboxylic acids is 1. The number of fused-ring (bicyclic) bond motifs is 2. The molecule has 0 radical (unpaired) electrons. The number of hydrogen-bond acceptors (Lipinski definition) is 4. The Morgan fingerprint density at radius 1 is 1.38 bits per heavy atom. The predicted molar refractivity (Wildman–Crippen MR) is 102 cm³/mol. The number of ether oxygens (including phenoxy) is 1. The molecular weight excluding hydrogens is 324 g/mol. The van der Waals surface area contributed by atoms with Crippen molar-refractivity contribution in [3.63, 3.8) is 0 Å². The van der Waals surface area contributed by atoms with Gasteiger partial charge in [0.2, 0.25) is 0 Å². The van der Waals surface area contributed by atoms with E-state index in [1.165, 1.54) is 24.6 Å². The first-order chi connectivity index (χ1) is 12.6. The Bertz CT molecular complexity index is 788. The number of likely N-dealkylation sites (N-methyl/N-ethyl adjacent to an activating group) is 1. The molecular formula is C22H28N2O2. The fourth-order valence-corrected chi connectivity index (χ4v) is 6.81. The molecule has 0 N–H and O–H groups in total. The highest BCUT2D eigenvalue weighted by Gasteiger charge is 2.66. The van der Waals surface area contributed by atoms with Crippen LogP contribution in [-0.4, -0.2) is 49.7 Å². The van der Waals surface area contributed by atoms with Crippen molar-refractivity contribution in [1.82, 2.24) is 4.90 Å². The Labute approximate surface area is 155 Å². The van der Waals surface area contributed by atoms with Crippen molar-refractivity contribution >= 4 is 11.7 Å². The van der Waals surface area contributed by atoms with Gasteiger partial charge in [0.15, 0.2) is 0 Å². The minimum atomic E-state index is -0.157. The standard InChI is InChI=1S/C22H28N2O2/c1-4-15-12-24-10-9-22-17-7-5-6-8-19(17)23(3)21(22)20(24)11-16(15)18(22)13-26-14(2)25/h4-8,16,18,20-21H,9-13H2,1-3H3/b15-4-/t16-,18?,20-,21+,22-/m0/s1. The SMILES string of the molecule is C/C=C1/CN2CC[C@@]34c5ccccc5N(C)[C@@H]3[C@@H]2C[C@@H]1C4COC(C)=O. The van der Waals surface area contributed by atoms with Crippen LogP contribution in [0.1, 0.15) is 32.3 Å². The molecule has 0 amide bonds. The summed E-state index contributed by atoms with van der Waals surface area (Å²) in [5.74, 6) is 0.735. The molecule has 3 heterocycles. The van der Waals surface area contributed by atoms with Gasteiger partial charge in [0.25, 0.3) is 0 Å². The van der Waals surface area contributed by atoms with Crippen molar-refractivity contribution in [2.24, 2.45) is 11.8 Å². The summed E-state index contributed by atoms with van der Waals surface area (Å²) in [4.78, 5) is 16.9. The van der Waals surface area contributed by atoms with E-state index in [0.29, 0.717) is 30.5 Å². The first-order valence-electron chi connectivity index (χ1n) is 9.92. The number of hydrogen-bond donors (Lipinski definition) is 0. The number of anilines is 1. The van der Waals surface area contributed by atoms with Gasteiger partial charge in [0, 0.05) is 43.6 Å². The minimum Gasteiger partial charge on any atom is -0.466 e. The number of piperidine rings is 2. The van der Waals surface area contributed by atoms with Crippen LogP contribution >= 0.6 is 0 Å². The molecule has 3 aliphatic heterocycles. The van der Waals surface area contributed by atoms with Crippen molar-refractivity contribution in [3.05, 3.63) is 41.5 Å². The summed E-state index contributed by atoms with van der Waals surface area (Å²) in [6.07, 6.45) is 4.67. The zero-order valence-corrected chi connectivity index (χ0v) is 15.9. The van der Waals surface area contributed by atoms with E-state index in [1.807, 2.05) is 0 Å². The average Bonchev–Trinajstić information content (AvgIpc) is 2.91. The fraction of sp³-hybridized carbons (Fsp3) is 0.591. The first kappa shape index (κ1) is 16.4. The molecule has 138 valence electrons. The van der Waals surface area contributed by atoms with Gasteiger partial charge in [-0.3, -0.25) is 9.69 Å². The van der Waals surface area contributed by atoms with Gasteiger partial charge in [-0.25, -0.2) is 0 Å². The second kappa shape index (κ2) is 5.59. The van der Waals surface area contributed by atoms with E-state index in [4.69, 9.17) is 4.74 Å². The smallest absolute Gasteiger partial charge is 0.302 e. The summed E-state index contributed by atoms with van der Waals surface area (Å²) in [5.41, 5.74) is 4.50. The van der Waals surface area contributed by atoms with Crippen LogP contribution in [0.5, 0.6) is 0 Å². The van der Waals surface area contributed by atoms with Crippen LogP contribution in [-0.2, 0) is 14.9 Å². The summed E-state index contributed by atoms with van der Waals surface area (Å²) in [6.45, 7) is 6.48. The lowest BCUT2D eigenvalue weighted by Crippen LogP contribution is -2.72. The maximum atomic E-state index is 11.7. The van der Waals surface area contributed by atoms with Crippen LogP contribution in [0.3, 0.4) is 0 Å². The molecule has 0 spiro atoms. The van der Waals surface area contributed by atoms with E-state index in [2.05, 4.69) is 54.1 Å². The van der Waals surface area contributed by atoms with Gasteiger partial charge in [-0.15, -0.1) is 0 Å². The molecule has 1 aliphatic carbocycles. The molecule has 1 unspecified atom stereocenters. The Morgan fingerprint density at radius 3 is 2.96 bits per heavy atom. The summed E-state index contributed by atoms with van der Waals surface area (Å²) >= 11 is 0. The van der Waals surface area contributed by atoms with Crippen molar-refractivity contribution in [1.29, 1.82) is 0 Å². The second-order valence-corrected chi connectivity index (χ2v) is 8.52. The van der Waals surface area contributed by atoms with Gasteiger partial charge in [0.05, 0.1) is 12.6 Å². The normalized spacial score (nSPS) is 39.0. The van der Waals surface area contributed by atoms with E-state index >= 15 is 0 Å². The summed E-state index contributed by atoms with van der Waals surface area (Å²) in [7, 11) is 2.27. The number of rotatable bonds is 2. The Morgan fingerprint density at radius 2 is 2.19 bits per heavy atom. The molecule has 5 rings (SSSR count). The lowest BCUT2D eigenvalue weighted by atomic mass is 9.50. The van der Waals surface area contributed by atoms with Crippen LogP contribution in [0.15, 0.2) is 35.9 Å². The first-order valence-corrected chi connectivity index (χ1v) is 9.92. The van der Waals surface area contributed by atoms with Crippen LogP contribution in [0, 0.1) is 11.8 Å². The zero-order valence-electron chi connectivity index (χ0n) is 15.9. The van der Waals surface area contributed by atoms with Crippen molar-refractivity contribution in [2.45, 2.75) is 44.2 Å². The quantitative estimate of drug-likeness (QED) is 0.605. The van der Waals surface area contributed by atoms with Gasteiger partial charge in [-0.1, -0.05) is 29.8 Å². The van der Waals surface area contributed by atoms with E-state index in [1.54, 1.807) is 5.57 Å². The third-order valence-corrected chi connectivity index (χ3v) is 7.72. The highest BCUT2D eigenvalue weighted by atomic mass is 16.5. The molecule has 5 atom stereocenters. The van der Waals surface area contributed by atoms with Crippen LogP contribution < -0.4 is 4.90 Å². The maximum absolute atomic E-state index is 11.7. The molecule has 1 aromatic rings. The topological polar surface area (TPSA) is 32.8 Å². The van der Waals surface area contributed by atoms with Gasteiger partial charge in [0.1, 0.15) is 0 Å². The molecule has 2 saturated heterocycles. The molecule has 4 heteroatoms. The maximum Gasteiger partial charge on any atom is 0.302 e. The number of allylic oxidation sites excluding steroid dienone is 1. The Kier molecular flexibility index (Phi) is 3.52. The number of benzene rings is 1. The van der Waals surface area contributed by atoms with Gasteiger partial charge >= 0.3 is 5.97 Å². The Hall–Kier alpha value is -1.81. The van der Waals surface area contributed by atoms with Gasteiger partial charge in [-0.2, -0.15) is 0 Å². The second-order valence-electron chi connectivity index (χ2n) is 8.52. The molecule has 1 saturated carbocycles. The average molecular weight is 352 g/mol. The lowest BCUT2D eigenvalue weighted by molar-refractivity contribution is -0.147. The highest BCUT2D eigenvalue weighted by Crippen LogP contribution is 2.63. The molecule has 4 aliphatic rings. The van der Waals surface area contributed by atoms with Gasteiger partial charge in [-0.05, 0) is 43.9 Å². The molecule has 0 aromatic heterocycles. The van der Waals surface area contributed by atoms with Crippen molar-refractivity contribution in [3.8, 4) is 0 Å². The molecule has 3 bridgehead atoms. The Balaban J connectivity index is 1.70. The fourth-order valence-electron chi connectivity index (χ4n) is 6.81. The zero-order chi connectivity index (χ0) is 18.1. The van der Waals surface area contributed by atoms with Crippen LogP contribution in [0.2, 0.25) is 0 Å². The highest BCUT2D eigenvalue weighted by molar-refractivity contribution is 5.67. The van der Waals surface area contributed by atoms with E-state index in [-0.39, 0.29) is 11.4 Å². The molecule has 26 heavy (non-hydrogen) atoms. The largest absolute Gasteiger partial charge is 0.466 e. The monoisotopic (exact) mass is 352 g/mol. The number of para-hydroxylation sites is 1. The van der Waals surface area contributed by atoms with E-state index < -0.39 is 0 Å². The summed E-state index contributed by atoms with van der Waals surface area (Å²) in [6, 6.07) is 10.0. The van der Waals surface area contributed by atoms with Crippen molar-refractivity contribution in [2.75, 3.05) is 31.6 Å². The third kappa shape index (κ3) is 1.91. The molecule has 1 aromatic carbocycles. The van der Waals surface area contributed by atoms with Gasteiger partial charge < -0.3 is 9.64 Å². The number of esters is 1. The lowest BCUT2D eigenvalue weighted by Gasteiger charge is -2.64. The number of nitrogens with zero attached hydrogens (tertiary/aromatic N) is 2. The summed E-state index contributed by atoms with van der Waals surface area (Å²) in [5, 5.41) is 0. The van der Waals surface area contributed by atoms with Crippen LogP contribution in [0.4, 0.5) is 5.69 Å².